The van der Waals surface area contributed by atoms with E-state index in [-0.39, 0.29) is 58.1 Å². The van der Waals surface area contributed by atoms with Gasteiger partial charge in [0.05, 0.1) is 25.4 Å². The molecule has 6 atom stereocenters. The fourth-order valence-electron chi connectivity index (χ4n) is 4.92. The first-order valence-corrected chi connectivity index (χ1v) is 11.9. The lowest BCUT2D eigenvalue weighted by Crippen LogP contribution is -2.37. The van der Waals surface area contributed by atoms with Gasteiger partial charge in [-0.05, 0) is 42.5 Å². The van der Waals surface area contributed by atoms with Gasteiger partial charge in [0.2, 0.25) is 11.8 Å². The number of amides is 3. The van der Waals surface area contributed by atoms with Crippen molar-refractivity contribution in [2.24, 2.45) is 23.7 Å². The molecule has 2 saturated carbocycles. The molecule has 1 aromatic rings. The average molecular weight is 558 g/mol. The Balaban J connectivity index is 1.24. The summed E-state index contributed by atoms with van der Waals surface area (Å²) in [6.07, 6.45) is 0.718. The van der Waals surface area contributed by atoms with Crippen LogP contribution in [-0.2, 0) is 23.9 Å². The van der Waals surface area contributed by atoms with Crippen LogP contribution in [0.15, 0.2) is 24.3 Å². The number of esters is 1. The zero-order chi connectivity index (χ0) is 22.3. The molecule has 166 valence electrons. The number of methoxy groups -OCH3 is 1. The third-order valence-corrected chi connectivity index (χ3v) is 9.56. The average Bonchev–Trinajstić information content (AvgIpc) is 3.36. The number of ether oxygens (including phenoxy) is 2. The standard InChI is InChI=1S/C21H22Br2N2O6/c1-30-11-4-2-10(3-5-11)24-14(26)9-31-15(27)6-7-25-20(28)16-12-8-13(17(16)21(25)29)19(23)18(12)22/h2-5,12-13,16-19H,6-9H2,1H3,(H,24,26)/t12-,13-,16-,17-,18+,19+/m1/s1. The molecule has 4 rings (SSSR count). The van der Waals surface area contributed by atoms with Gasteiger partial charge in [0, 0.05) is 21.9 Å². The van der Waals surface area contributed by atoms with Crippen molar-refractivity contribution in [1.82, 2.24) is 4.90 Å². The highest BCUT2D eigenvalue weighted by Crippen LogP contribution is 2.60. The summed E-state index contributed by atoms with van der Waals surface area (Å²) in [6.45, 7) is -0.471. The lowest BCUT2D eigenvalue weighted by Gasteiger charge is -2.28. The van der Waals surface area contributed by atoms with Gasteiger partial charge in [0.15, 0.2) is 6.61 Å². The minimum Gasteiger partial charge on any atom is -0.497 e. The summed E-state index contributed by atoms with van der Waals surface area (Å²) in [5.41, 5.74) is 0.548. The van der Waals surface area contributed by atoms with E-state index in [2.05, 4.69) is 37.2 Å². The largest absolute Gasteiger partial charge is 0.497 e. The minimum atomic E-state index is -0.637. The smallest absolute Gasteiger partial charge is 0.308 e. The molecule has 3 aliphatic rings. The first kappa shape index (κ1) is 22.3. The molecular formula is C21H22Br2N2O6. The Kier molecular flexibility index (Phi) is 6.39. The van der Waals surface area contributed by atoms with Gasteiger partial charge in [-0.2, -0.15) is 0 Å². The van der Waals surface area contributed by atoms with E-state index in [4.69, 9.17) is 9.47 Å². The van der Waals surface area contributed by atoms with Crippen LogP contribution in [0, 0.1) is 23.7 Å². The highest BCUT2D eigenvalue weighted by Gasteiger charge is 2.66. The molecule has 3 fully saturated rings. The van der Waals surface area contributed by atoms with Crippen molar-refractivity contribution >= 4 is 61.2 Å². The summed E-state index contributed by atoms with van der Waals surface area (Å²) in [4.78, 5) is 51.2. The van der Waals surface area contributed by atoms with Crippen LogP contribution < -0.4 is 10.1 Å². The van der Waals surface area contributed by atoms with Gasteiger partial charge in [-0.15, -0.1) is 0 Å². The highest BCUT2D eigenvalue weighted by molar-refractivity contribution is 9.12. The molecule has 1 N–H and O–H groups in total. The minimum absolute atomic E-state index is 0.0249. The number of fused-ring (bicyclic) bond motifs is 5. The van der Waals surface area contributed by atoms with E-state index in [9.17, 15) is 19.2 Å². The summed E-state index contributed by atoms with van der Waals surface area (Å²) in [5, 5.41) is 2.61. The van der Waals surface area contributed by atoms with Crippen molar-refractivity contribution in [3.63, 3.8) is 0 Å². The fraction of sp³-hybridized carbons (Fsp3) is 0.524. The van der Waals surface area contributed by atoms with Crippen molar-refractivity contribution in [2.45, 2.75) is 22.5 Å². The van der Waals surface area contributed by atoms with Gasteiger partial charge in [-0.3, -0.25) is 24.1 Å². The van der Waals surface area contributed by atoms with Crippen molar-refractivity contribution in [3.05, 3.63) is 24.3 Å². The maximum Gasteiger partial charge on any atom is 0.308 e. The van der Waals surface area contributed by atoms with E-state index >= 15 is 0 Å². The quantitative estimate of drug-likeness (QED) is 0.314. The van der Waals surface area contributed by atoms with Gasteiger partial charge in [-0.25, -0.2) is 0 Å². The lowest BCUT2D eigenvalue weighted by atomic mass is 9.81. The summed E-state index contributed by atoms with van der Waals surface area (Å²) >= 11 is 7.29. The Morgan fingerprint density at radius 1 is 1.06 bits per heavy atom. The van der Waals surface area contributed by atoms with E-state index in [0.29, 0.717) is 11.4 Å². The van der Waals surface area contributed by atoms with E-state index in [1.165, 1.54) is 4.90 Å². The topological polar surface area (TPSA) is 102 Å². The van der Waals surface area contributed by atoms with E-state index < -0.39 is 18.5 Å². The number of carbonyl (C=O) groups excluding carboxylic acids is 4. The number of benzene rings is 1. The Morgan fingerprint density at radius 2 is 1.65 bits per heavy atom. The Hall–Kier alpha value is -1.94. The van der Waals surface area contributed by atoms with Crippen LogP contribution in [0.2, 0.25) is 0 Å². The first-order chi connectivity index (χ1) is 14.8. The molecular weight excluding hydrogens is 536 g/mol. The second kappa shape index (κ2) is 8.90. The Bertz CT molecular complexity index is 876. The van der Waals surface area contributed by atoms with Gasteiger partial charge in [-0.1, -0.05) is 31.9 Å². The molecule has 1 heterocycles. The number of imide groups is 1. The molecule has 1 aliphatic heterocycles. The zero-order valence-corrected chi connectivity index (χ0v) is 19.9. The third-order valence-electron chi connectivity index (χ3n) is 6.36. The van der Waals surface area contributed by atoms with Crippen molar-refractivity contribution < 1.29 is 28.7 Å². The molecule has 0 spiro atoms. The molecule has 10 heteroatoms. The van der Waals surface area contributed by atoms with Gasteiger partial charge < -0.3 is 14.8 Å². The highest BCUT2D eigenvalue weighted by atomic mass is 79.9. The lowest BCUT2D eigenvalue weighted by molar-refractivity contribution is -0.149. The second-order valence-electron chi connectivity index (χ2n) is 8.02. The van der Waals surface area contributed by atoms with Crippen LogP contribution >= 0.6 is 31.9 Å². The first-order valence-electron chi connectivity index (χ1n) is 10.0. The summed E-state index contributed by atoms with van der Waals surface area (Å²) in [5.74, 6) is -1.20. The van der Waals surface area contributed by atoms with Crippen LogP contribution in [0.4, 0.5) is 5.69 Å². The summed E-state index contributed by atoms with van der Waals surface area (Å²) < 4.78 is 10.0. The zero-order valence-electron chi connectivity index (χ0n) is 16.8. The molecule has 0 radical (unpaired) electrons. The number of halogens is 2. The molecule has 0 aromatic heterocycles. The number of alkyl halides is 2. The monoisotopic (exact) mass is 556 g/mol. The molecule has 1 aromatic carbocycles. The predicted molar refractivity (Wildman–Crippen MR) is 118 cm³/mol. The van der Waals surface area contributed by atoms with Gasteiger partial charge in [0.25, 0.3) is 5.91 Å². The van der Waals surface area contributed by atoms with E-state index in [1.54, 1.807) is 31.4 Å². The second-order valence-corrected chi connectivity index (χ2v) is 10.1. The van der Waals surface area contributed by atoms with Crippen molar-refractivity contribution in [2.75, 3.05) is 25.6 Å². The van der Waals surface area contributed by atoms with E-state index in [1.807, 2.05) is 0 Å². The summed E-state index contributed by atoms with van der Waals surface area (Å²) in [6, 6.07) is 6.73. The molecule has 1 saturated heterocycles. The third kappa shape index (κ3) is 4.11. The van der Waals surface area contributed by atoms with Crippen molar-refractivity contribution in [1.29, 1.82) is 0 Å². The molecule has 0 unspecified atom stereocenters. The Labute approximate surface area is 196 Å². The maximum atomic E-state index is 12.8. The SMILES string of the molecule is COc1ccc(NC(=O)COC(=O)CCN2C(=O)[C@@H]3[C@H]4C[C@@H]([C@H](Br)[C@H]4Br)[C@H]3C2=O)cc1. The molecule has 2 aliphatic carbocycles. The number of nitrogens with one attached hydrogen (secondary N) is 1. The van der Waals surface area contributed by atoms with Crippen LogP contribution in [0.5, 0.6) is 5.75 Å². The number of rotatable bonds is 7. The number of hydrogen-bond donors (Lipinski definition) is 1. The predicted octanol–water partition coefficient (Wildman–Crippen LogP) is 2.34. The number of carbonyl (C=O) groups is 4. The van der Waals surface area contributed by atoms with Crippen LogP contribution in [0.1, 0.15) is 12.8 Å². The van der Waals surface area contributed by atoms with Crippen LogP contribution in [-0.4, -0.2) is 58.5 Å². The fourth-order valence-corrected chi connectivity index (χ4v) is 6.80. The Morgan fingerprint density at radius 3 is 2.19 bits per heavy atom. The van der Waals surface area contributed by atoms with Crippen LogP contribution in [0.25, 0.3) is 0 Å². The number of hydrogen-bond acceptors (Lipinski definition) is 6. The van der Waals surface area contributed by atoms with Crippen molar-refractivity contribution in [3.8, 4) is 5.75 Å². The maximum absolute atomic E-state index is 12.8. The van der Waals surface area contributed by atoms with E-state index in [0.717, 1.165) is 6.42 Å². The number of anilines is 1. The van der Waals surface area contributed by atoms with Gasteiger partial charge >= 0.3 is 5.97 Å². The molecule has 3 amide bonds. The number of nitrogens with zero attached hydrogens (tertiary/aromatic N) is 1. The molecule has 31 heavy (non-hydrogen) atoms. The number of likely N-dealkylation sites (tertiary alicyclic amines) is 1. The van der Waals surface area contributed by atoms with Gasteiger partial charge in [0.1, 0.15) is 5.75 Å². The molecule has 8 nitrogen and oxygen atoms in total. The molecule has 2 bridgehead atoms. The van der Waals surface area contributed by atoms with Crippen LogP contribution in [0.3, 0.4) is 0 Å². The summed E-state index contributed by atoms with van der Waals surface area (Å²) in [7, 11) is 1.55. The normalized spacial score (nSPS) is 31.0.